The lowest BCUT2D eigenvalue weighted by atomic mass is 10.3. The lowest BCUT2D eigenvalue weighted by molar-refractivity contribution is 0.608. The number of rotatable bonds is 3. The summed E-state index contributed by atoms with van der Waals surface area (Å²) >= 11 is 6.14. The van der Waals surface area contributed by atoms with Gasteiger partial charge in [-0.1, -0.05) is 18.5 Å². The summed E-state index contributed by atoms with van der Waals surface area (Å²) < 4.78 is 3.70. The van der Waals surface area contributed by atoms with Crippen LogP contribution in [0.15, 0.2) is 30.6 Å². The molecule has 3 heterocycles. The first kappa shape index (κ1) is 12.0. The highest BCUT2D eigenvalue weighted by atomic mass is 35.5. The fourth-order valence-corrected chi connectivity index (χ4v) is 2.37. The molecule has 2 N–H and O–H groups in total. The minimum atomic E-state index is 0.579. The number of imidazole rings is 1. The van der Waals surface area contributed by atoms with E-state index in [2.05, 4.69) is 17.0 Å². The summed E-state index contributed by atoms with van der Waals surface area (Å²) in [6.45, 7) is 2.94. The van der Waals surface area contributed by atoms with Crippen LogP contribution in [-0.4, -0.2) is 19.2 Å². The van der Waals surface area contributed by atoms with Gasteiger partial charge in [-0.2, -0.15) is 5.10 Å². The van der Waals surface area contributed by atoms with E-state index in [0.29, 0.717) is 16.5 Å². The number of aryl methyl sites for hydroxylation is 1. The number of fused-ring (bicyclic) bond motifs is 1. The Balaban J connectivity index is 2.22. The first-order valence-electron chi connectivity index (χ1n) is 6.16. The van der Waals surface area contributed by atoms with E-state index in [0.717, 1.165) is 24.4 Å². The molecule has 0 spiro atoms. The number of halogens is 1. The van der Waals surface area contributed by atoms with Gasteiger partial charge < -0.3 is 5.73 Å². The van der Waals surface area contributed by atoms with E-state index >= 15 is 0 Å². The van der Waals surface area contributed by atoms with E-state index in [-0.39, 0.29) is 0 Å². The van der Waals surface area contributed by atoms with Crippen LogP contribution in [0.1, 0.15) is 13.3 Å². The zero-order valence-electron chi connectivity index (χ0n) is 10.5. The van der Waals surface area contributed by atoms with E-state index < -0.39 is 0 Å². The van der Waals surface area contributed by atoms with Gasteiger partial charge in [0.2, 0.25) is 0 Å². The Hall–Kier alpha value is -2.01. The van der Waals surface area contributed by atoms with Crippen molar-refractivity contribution in [2.75, 3.05) is 5.73 Å². The molecule has 0 aliphatic carbocycles. The Morgan fingerprint density at radius 3 is 2.95 bits per heavy atom. The number of aromatic nitrogens is 4. The second-order valence-electron chi connectivity index (χ2n) is 4.33. The van der Waals surface area contributed by atoms with Gasteiger partial charge in [0.05, 0.1) is 10.7 Å². The fourth-order valence-electron chi connectivity index (χ4n) is 2.17. The van der Waals surface area contributed by atoms with Crippen molar-refractivity contribution in [2.45, 2.75) is 19.9 Å². The summed E-state index contributed by atoms with van der Waals surface area (Å²) in [6, 6.07) is 5.57. The van der Waals surface area contributed by atoms with E-state index in [1.165, 1.54) is 0 Å². The van der Waals surface area contributed by atoms with Crippen molar-refractivity contribution < 1.29 is 0 Å². The van der Waals surface area contributed by atoms with Gasteiger partial charge in [-0.25, -0.2) is 4.98 Å². The lowest BCUT2D eigenvalue weighted by Crippen LogP contribution is -2.02. The SMILES string of the molecule is CCCn1nccc1-c1nc2c(Cl)cccn2c1N. The average molecular weight is 276 g/mol. The largest absolute Gasteiger partial charge is 0.383 e. The van der Waals surface area contributed by atoms with Crippen molar-refractivity contribution in [3.63, 3.8) is 0 Å². The number of pyridine rings is 1. The molecule has 6 heteroatoms. The molecule has 0 aliphatic heterocycles. The molecule has 0 bridgehead atoms. The van der Waals surface area contributed by atoms with Crippen LogP contribution in [0.5, 0.6) is 0 Å². The third kappa shape index (κ3) is 1.86. The van der Waals surface area contributed by atoms with Crippen molar-refractivity contribution in [2.24, 2.45) is 0 Å². The van der Waals surface area contributed by atoms with Crippen molar-refractivity contribution >= 4 is 23.1 Å². The molecule has 0 aliphatic rings. The summed E-state index contributed by atoms with van der Waals surface area (Å²) in [6.07, 6.45) is 4.62. The van der Waals surface area contributed by atoms with Gasteiger partial charge in [0.25, 0.3) is 0 Å². The monoisotopic (exact) mass is 275 g/mol. The van der Waals surface area contributed by atoms with E-state index in [9.17, 15) is 0 Å². The zero-order valence-corrected chi connectivity index (χ0v) is 11.3. The quantitative estimate of drug-likeness (QED) is 0.799. The predicted molar refractivity (Wildman–Crippen MR) is 76.1 cm³/mol. The molecule has 3 rings (SSSR count). The highest BCUT2D eigenvalue weighted by Crippen LogP contribution is 2.29. The maximum atomic E-state index is 6.16. The molecular weight excluding hydrogens is 262 g/mol. The van der Waals surface area contributed by atoms with Gasteiger partial charge in [-0.3, -0.25) is 9.08 Å². The standard InChI is InChI=1S/C13H14ClN5/c1-2-7-19-10(5-6-16-19)11-12(15)18-8-3-4-9(14)13(18)17-11/h3-6,8H,2,7,15H2,1H3. The van der Waals surface area contributed by atoms with E-state index in [1.54, 1.807) is 16.7 Å². The highest BCUT2D eigenvalue weighted by Gasteiger charge is 2.16. The summed E-state index contributed by atoms with van der Waals surface area (Å²) in [5, 5.41) is 4.88. The van der Waals surface area contributed by atoms with Crippen LogP contribution in [0.25, 0.3) is 17.0 Å². The predicted octanol–water partition coefficient (Wildman–Crippen LogP) is 2.84. The second-order valence-corrected chi connectivity index (χ2v) is 4.74. The Bertz CT molecular complexity index is 728. The topological polar surface area (TPSA) is 61.1 Å². The fraction of sp³-hybridized carbons (Fsp3) is 0.231. The molecule has 3 aromatic heterocycles. The molecule has 0 radical (unpaired) electrons. The number of hydrogen-bond acceptors (Lipinski definition) is 3. The Kier molecular flexibility index (Phi) is 2.91. The zero-order chi connectivity index (χ0) is 13.4. The molecule has 0 aromatic carbocycles. The summed E-state index contributed by atoms with van der Waals surface area (Å²) in [5.41, 5.74) is 8.47. The first-order chi connectivity index (χ1) is 9.22. The van der Waals surface area contributed by atoms with Crippen LogP contribution in [0, 0.1) is 0 Å². The Morgan fingerprint density at radius 1 is 1.37 bits per heavy atom. The lowest BCUT2D eigenvalue weighted by Gasteiger charge is -2.04. The maximum absolute atomic E-state index is 6.16. The molecular formula is C13H14ClN5. The molecule has 3 aromatic rings. The minimum absolute atomic E-state index is 0.579. The number of anilines is 1. The van der Waals surface area contributed by atoms with Crippen LogP contribution in [-0.2, 0) is 6.54 Å². The van der Waals surface area contributed by atoms with E-state index in [4.69, 9.17) is 17.3 Å². The highest BCUT2D eigenvalue weighted by molar-refractivity contribution is 6.33. The van der Waals surface area contributed by atoms with Gasteiger partial charge in [0.1, 0.15) is 11.5 Å². The van der Waals surface area contributed by atoms with Crippen molar-refractivity contribution in [3.8, 4) is 11.4 Å². The molecule has 0 atom stereocenters. The van der Waals surface area contributed by atoms with Gasteiger partial charge in [-0.05, 0) is 24.6 Å². The molecule has 19 heavy (non-hydrogen) atoms. The van der Waals surface area contributed by atoms with Gasteiger partial charge in [-0.15, -0.1) is 0 Å². The van der Waals surface area contributed by atoms with E-state index in [1.807, 2.05) is 23.0 Å². The van der Waals surface area contributed by atoms with Crippen molar-refractivity contribution in [1.82, 2.24) is 19.2 Å². The molecule has 0 saturated heterocycles. The van der Waals surface area contributed by atoms with Crippen LogP contribution in [0.3, 0.4) is 0 Å². The molecule has 0 fully saturated rings. The van der Waals surface area contributed by atoms with Crippen LogP contribution < -0.4 is 5.73 Å². The van der Waals surface area contributed by atoms with Crippen LogP contribution >= 0.6 is 11.6 Å². The smallest absolute Gasteiger partial charge is 0.158 e. The summed E-state index contributed by atoms with van der Waals surface area (Å²) in [5.74, 6) is 0.579. The Morgan fingerprint density at radius 2 is 2.21 bits per heavy atom. The summed E-state index contributed by atoms with van der Waals surface area (Å²) in [7, 11) is 0. The molecule has 0 saturated carbocycles. The van der Waals surface area contributed by atoms with Crippen LogP contribution in [0.4, 0.5) is 5.82 Å². The van der Waals surface area contributed by atoms with Gasteiger partial charge in [0, 0.05) is 18.9 Å². The normalized spacial score (nSPS) is 11.3. The summed E-state index contributed by atoms with van der Waals surface area (Å²) in [4.78, 5) is 4.54. The minimum Gasteiger partial charge on any atom is -0.383 e. The van der Waals surface area contributed by atoms with Gasteiger partial charge in [0.15, 0.2) is 5.65 Å². The van der Waals surface area contributed by atoms with Gasteiger partial charge >= 0.3 is 0 Å². The number of hydrogen-bond donors (Lipinski definition) is 1. The number of nitrogens with zero attached hydrogens (tertiary/aromatic N) is 4. The third-order valence-corrected chi connectivity index (χ3v) is 3.33. The molecule has 98 valence electrons. The number of nitrogen functional groups attached to an aromatic ring is 1. The molecule has 0 unspecified atom stereocenters. The average Bonchev–Trinajstić information content (AvgIpc) is 2.97. The number of nitrogens with two attached hydrogens (primary N) is 1. The van der Waals surface area contributed by atoms with Crippen molar-refractivity contribution in [3.05, 3.63) is 35.6 Å². The third-order valence-electron chi connectivity index (χ3n) is 3.03. The van der Waals surface area contributed by atoms with Crippen LogP contribution in [0.2, 0.25) is 5.02 Å². The molecule has 0 amide bonds. The van der Waals surface area contributed by atoms with Crippen molar-refractivity contribution in [1.29, 1.82) is 0 Å². The maximum Gasteiger partial charge on any atom is 0.158 e. The first-order valence-corrected chi connectivity index (χ1v) is 6.54. The molecule has 5 nitrogen and oxygen atoms in total. The second kappa shape index (κ2) is 4.59. The Labute approximate surface area is 115 Å².